The van der Waals surface area contributed by atoms with Crippen LogP contribution in [0.15, 0.2) is 54.6 Å². The largest absolute Gasteiger partial charge is 0.339 e. The van der Waals surface area contributed by atoms with Gasteiger partial charge in [0.2, 0.25) is 0 Å². The zero-order valence-corrected chi connectivity index (χ0v) is 13.3. The standard InChI is InChI=1S/C20H21NO/c1-14(2)20-19(15(3)22)17-11-7-8-12-18(17)21(20)13-16-9-5-4-6-10-16/h4-12,14H,13H2,1-3H3. The van der Waals surface area contributed by atoms with Crippen molar-refractivity contribution in [3.8, 4) is 0 Å². The lowest BCUT2D eigenvalue weighted by Crippen LogP contribution is -2.08. The van der Waals surface area contributed by atoms with Crippen LogP contribution >= 0.6 is 0 Å². The summed E-state index contributed by atoms with van der Waals surface area (Å²) in [5.41, 5.74) is 4.40. The van der Waals surface area contributed by atoms with E-state index < -0.39 is 0 Å². The highest BCUT2D eigenvalue weighted by Crippen LogP contribution is 2.32. The van der Waals surface area contributed by atoms with Gasteiger partial charge in [-0.05, 0) is 24.5 Å². The van der Waals surface area contributed by atoms with Gasteiger partial charge in [0.15, 0.2) is 5.78 Å². The number of benzene rings is 2. The number of rotatable bonds is 4. The Morgan fingerprint density at radius 3 is 2.27 bits per heavy atom. The van der Waals surface area contributed by atoms with Gasteiger partial charge in [-0.2, -0.15) is 0 Å². The number of carbonyl (C=O) groups is 1. The highest BCUT2D eigenvalue weighted by atomic mass is 16.1. The number of ketones is 1. The van der Waals surface area contributed by atoms with Crippen molar-refractivity contribution in [3.63, 3.8) is 0 Å². The van der Waals surface area contributed by atoms with Gasteiger partial charge in [-0.3, -0.25) is 4.79 Å². The summed E-state index contributed by atoms with van der Waals surface area (Å²) in [4.78, 5) is 12.2. The summed E-state index contributed by atoms with van der Waals surface area (Å²) < 4.78 is 2.30. The average Bonchev–Trinajstić information content (AvgIpc) is 2.83. The maximum atomic E-state index is 12.2. The first-order valence-electron chi connectivity index (χ1n) is 7.75. The Balaban J connectivity index is 2.28. The molecule has 1 heterocycles. The Bertz CT molecular complexity index is 812. The van der Waals surface area contributed by atoms with E-state index in [1.54, 1.807) is 6.92 Å². The Morgan fingerprint density at radius 1 is 1.00 bits per heavy atom. The number of carbonyl (C=O) groups excluding carboxylic acids is 1. The molecule has 3 rings (SSSR count). The molecule has 0 aliphatic carbocycles. The smallest absolute Gasteiger partial charge is 0.162 e. The summed E-state index contributed by atoms with van der Waals surface area (Å²) >= 11 is 0. The minimum Gasteiger partial charge on any atom is -0.339 e. The number of Topliss-reactive ketones (excluding diaryl/α,β-unsaturated/α-hetero) is 1. The van der Waals surface area contributed by atoms with Crippen LogP contribution in [0, 0.1) is 0 Å². The van der Waals surface area contributed by atoms with Gasteiger partial charge in [0.05, 0.1) is 0 Å². The molecule has 1 aromatic heterocycles. The maximum absolute atomic E-state index is 12.2. The fourth-order valence-corrected chi connectivity index (χ4v) is 3.23. The summed E-state index contributed by atoms with van der Waals surface area (Å²) in [6.07, 6.45) is 0. The SMILES string of the molecule is CC(=O)c1c(C(C)C)n(Cc2ccccc2)c2ccccc12. The van der Waals surface area contributed by atoms with Crippen molar-refractivity contribution in [3.05, 3.63) is 71.4 Å². The van der Waals surface area contributed by atoms with E-state index in [-0.39, 0.29) is 5.78 Å². The van der Waals surface area contributed by atoms with E-state index in [1.807, 2.05) is 18.2 Å². The van der Waals surface area contributed by atoms with Gasteiger partial charge in [0.25, 0.3) is 0 Å². The van der Waals surface area contributed by atoms with Crippen molar-refractivity contribution >= 4 is 16.7 Å². The molecule has 0 atom stereocenters. The number of fused-ring (bicyclic) bond motifs is 1. The monoisotopic (exact) mass is 291 g/mol. The molecule has 0 N–H and O–H groups in total. The molecule has 2 aromatic carbocycles. The van der Waals surface area contributed by atoms with E-state index in [2.05, 4.69) is 54.8 Å². The third kappa shape index (κ3) is 2.45. The Hall–Kier alpha value is -2.35. The van der Waals surface area contributed by atoms with Crippen LogP contribution in [0.2, 0.25) is 0 Å². The Kier molecular flexibility index (Phi) is 3.84. The minimum atomic E-state index is 0.145. The number of hydrogen-bond acceptors (Lipinski definition) is 1. The summed E-state index contributed by atoms with van der Waals surface area (Å²) in [6.45, 7) is 6.77. The Labute approximate surface area is 131 Å². The number of nitrogens with zero attached hydrogens (tertiary/aromatic N) is 1. The molecular weight excluding hydrogens is 270 g/mol. The second-order valence-corrected chi connectivity index (χ2v) is 6.06. The van der Waals surface area contributed by atoms with Crippen LogP contribution in [0.4, 0.5) is 0 Å². The van der Waals surface area contributed by atoms with Gasteiger partial charge < -0.3 is 4.57 Å². The van der Waals surface area contributed by atoms with E-state index in [1.165, 1.54) is 5.56 Å². The topological polar surface area (TPSA) is 22.0 Å². The molecule has 0 radical (unpaired) electrons. The molecular formula is C20H21NO. The normalized spacial score (nSPS) is 11.3. The molecule has 0 unspecified atom stereocenters. The second-order valence-electron chi connectivity index (χ2n) is 6.06. The molecule has 0 aliphatic heterocycles. The lowest BCUT2D eigenvalue weighted by Gasteiger charge is -2.15. The molecule has 0 aliphatic rings. The molecule has 0 saturated carbocycles. The highest BCUT2D eigenvalue weighted by molar-refractivity contribution is 6.08. The third-order valence-electron chi connectivity index (χ3n) is 4.09. The molecule has 0 fully saturated rings. The zero-order valence-electron chi connectivity index (χ0n) is 13.3. The lowest BCUT2D eigenvalue weighted by molar-refractivity contribution is 0.101. The average molecular weight is 291 g/mol. The predicted molar refractivity (Wildman–Crippen MR) is 91.6 cm³/mol. The molecule has 2 heteroatoms. The van der Waals surface area contributed by atoms with E-state index in [4.69, 9.17) is 0 Å². The van der Waals surface area contributed by atoms with Gasteiger partial charge >= 0.3 is 0 Å². The first-order valence-corrected chi connectivity index (χ1v) is 7.75. The van der Waals surface area contributed by atoms with Crippen LogP contribution in [-0.4, -0.2) is 10.4 Å². The molecule has 112 valence electrons. The van der Waals surface area contributed by atoms with Crippen LogP contribution in [0.3, 0.4) is 0 Å². The van der Waals surface area contributed by atoms with Gasteiger partial charge in [0.1, 0.15) is 0 Å². The summed E-state index contributed by atoms with van der Waals surface area (Å²) in [7, 11) is 0. The summed E-state index contributed by atoms with van der Waals surface area (Å²) in [6, 6.07) is 18.6. The summed E-state index contributed by atoms with van der Waals surface area (Å²) in [5, 5.41) is 1.06. The van der Waals surface area contributed by atoms with Crippen molar-refractivity contribution in [1.29, 1.82) is 0 Å². The molecule has 2 nitrogen and oxygen atoms in total. The number of hydrogen-bond donors (Lipinski definition) is 0. The van der Waals surface area contributed by atoms with E-state index in [0.717, 1.165) is 28.7 Å². The highest BCUT2D eigenvalue weighted by Gasteiger charge is 2.21. The molecule has 0 amide bonds. The fraction of sp³-hybridized carbons (Fsp3) is 0.250. The fourth-order valence-electron chi connectivity index (χ4n) is 3.23. The molecule has 22 heavy (non-hydrogen) atoms. The van der Waals surface area contributed by atoms with Crippen LogP contribution in [-0.2, 0) is 6.54 Å². The van der Waals surface area contributed by atoms with Crippen molar-refractivity contribution < 1.29 is 4.79 Å². The van der Waals surface area contributed by atoms with Gasteiger partial charge in [-0.1, -0.05) is 62.4 Å². The Morgan fingerprint density at radius 2 is 1.64 bits per heavy atom. The summed E-state index contributed by atoms with van der Waals surface area (Å²) in [5.74, 6) is 0.446. The van der Waals surface area contributed by atoms with Crippen molar-refractivity contribution in [2.45, 2.75) is 33.2 Å². The van der Waals surface area contributed by atoms with E-state index in [0.29, 0.717) is 5.92 Å². The van der Waals surface area contributed by atoms with Crippen molar-refractivity contribution in [1.82, 2.24) is 4.57 Å². The minimum absolute atomic E-state index is 0.145. The first-order chi connectivity index (χ1) is 10.6. The predicted octanol–water partition coefficient (Wildman–Crippen LogP) is 5.02. The van der Waals surface area contributed by atoms with Crippen LogP contribution in [0.25, 0.3) is 10.9 Å². The number of para-hydroxylation sites is 1. The zero-order chi connectivity index (χ0) is 15.7. The van der Waals surface area contributed by atoms with Crippen molar-refractivity contribution in [2.24, 2.45) is 0 Å². The van der Waals surface area contributed by atoms with Gasteiger partial charge in [0, 0.05) is 28.7 Å². The molecule has 0 bridgehead atoms. The number of aromatic nitrogens is 1. The quantitative estimate of drug-likeness (QED) is 0.619. The van der Waals surface area contributed by atoms with Crippen LogP contribution in [0.1, 0.15) is 48.3 Å². The van der Waals surface area contributed by atoms with E-state index in [9.17, 15) is 4.79 Å². The van der Waals surface area contributed by atoms with Gasteiger partial charge in [-0.25, -0.2) is 0 Å². The van der Waals surface area contributed by atoms with Crippen molar-refractivity contribution in [2.75, 3.05) is 0 Å². The molecule has 0 spiro atoms. The first kappa shape index (κ1) is 14.6. The maximum Gasteiger partial charge on any atom is 0.162 e. The lowest BCUT2D eigenvalue weighted by atomic mass is 10.0. The molecule has 0 saturated heterocycles. The van der Waals surface area contributed by atoms with E-state index >= 15 is 0 Å². The molecule has 3 aromatic rings. The van der Waals surface area contributed by atoms with Gasteiger partial charge in [-0.15, -0.1) is 0 Å². The van der Waals surface area contributed by atoms with Crippen LogP contribution < -0.4 is 0 Å². The van der Waals surface area contributed by atoms with Crippen LogP contribution in [0.5, 0.6) is 0 Å². The second kappa shape index (κ2) is 5.80. The third-order valence-corrected chi connectivity index (χ3v) is 4.09.